The molecule has 0 aromatic carbocycles. The monoisotopic (exact) mass is 238 g/mol. The molecule has 3 nitrogen and oxygen atoms in total. The average molecular weight is 238 g/mol. The van der Waals surface area contributed by atoms with Gasteiger partial charge in [0.1, 0.15) is 0 Å². The van der Waals surface area contributed by atoms with Crippen LogP contribution >= 0.6 is 0 Å². The van der Waals surface area contributed by atoms with Crippen LogP contribution in [0.1, 0.15) is 44.9 Å². The van der Waals surface area contributed by atoms with Crippen molar-refractivity contribution in [1.29, 1.82) is 0 Å². The average Bonchev–Trinajstić information content (AvgIpc) is 2.39. The highest BCUT2D eigenvalue weighted by Crippen LogP contribution is 2.40. The maximum Gasteiger partial charge on any atom is 0.0760 e. The second-order valence-corrected chi connectivity index (χ2v) is 6.05. The predicted octanol–water partition coefficient (Wildman–Crippen LogP) is 1.77. The lowest BCUT2D eigenvalue weighted by atomic mass is 9.80. The molecule has 4 atom stereocenters. The number of hydrogen-bond donors (Lipinski definition) is 1. The molecule has 2 bridgehead atoms. The van der Waals surface area contributed by atoms with E-state index in [0.29, 0.717) is 24.3 Å². The first-order valence-electron chi connectivity index (χ1n) is 7.36. The number of fused-ring (bicyclic) bond motifs is 2. The van der Waals surface area contributed by atoms with Gasteiger partial charge in [-0.3, -0.25) is 4.90 Å². The standard InChI is InChI=1S/C14H26N2O/c1-15-10-6-3-4-7-11(10)16(2)14-12-8-5-9-13(14)17-12/h10-15H,3-9H2,1-2H3. The summed E-state index contributed by atoms with van der Waals surface area (Å²) in [6.45, 7) is 0. The van der Waals surface area contributed by atoms with E-state index in [1.807, 2.05) is 0 Å². The Kier molecular flexibility index (Phi) is 3.42. The van der Waals surface area contributed by atoms with Gasteiger partial charge in [-0.2, -0.15) is 0 Å². The van der Waals surface area contributed by atoms with Crippen LogP contribution in [0.25, 0.3) is 0 Å². The minimum absolute atomic E-state index is 0.540. The van der Waals surface area contributed by atoms with Gasteiger partial charge in [-0.15, -0.1) is 0 Å². The van der Waals surface area contributed by atoms with Crippen LogP contribution in [0.3, 0.4) is 0 Å². The van der Waals surface area contributed by atoms with Crippen LogP contribution in [0.15, 0.2) is 0 Å². The van der Waals surface area contributed by atoms with Gasteiger partial charge in [-0.1, -0.05) is 12.8 Å². The molecule has 1 saturated heterocycles. The van der Waals surface area contributed by atoms with Crippen LogP contribution in [0, 0.1) is 0 Å². The summed E-state index contributed by atoms with van der Waals surface area (Å²) in [6.07, 6.45) is 10.5. The van der Waals surface area contributed by atoms with Crippen molar-refractivity contribution in [3.8, 4) is 0 Å². The quantitative estimate of drug-likeness (QED) is 0.811. The van der Waals surface area contributed by atoms with E-state index in [4.69, 9.17) is 4.74 Å². The van der Waals surface area contributed by atoms with E-state index in [1.165, 1.54) is 44.9 Å². The van der Waals surface area contributed by atoms with Crippen molar-refractivity contribution < 1.29 is 4.74 Å². The number of nitrogens with one attached hydrogen (secondary N) is 1. The van der Waals surface area contributed by atoms with Gasteiger partial charge in [0.05, 0.1) is 18.2 Å². The van der Waals surface area contributed by atoms with Gasteiger partial charge in [0, 0.05) is 12.1 Å². The lowest BCUT2D eigenvalue weighted by Gasteiger charge is -2.56. The Morgan fingerprint density at radius 3 is 2.35 bits per heavy atom. The van der Waals surface area contributed by atoms with Crippen molar-refractivity contribution in [2.45, 2.75) is 75.3 Å². The molecule has 0 amide bonds. The van der Waals surface area contributed by atoms with Gasteiger partial charge in [0.2, 0.25) is 0 Å². The number of hydrogen-bond acceptors (Lipinski definition) is 3. The number of rotatable bonds is 3. The fourth-order valence-corrected chi connectivity index (χ4v) is 4.21. The van der Waals surface area contributed by atoms with Crippen molar-refractivity contribution in [2.24, 2.45) is 0 Å². The molecule has 3 fully saturated rings. The first-order valence-corrected chi connectivity index (χ1v) is 7.36. The molecule has 1 aliphatic heterocycles. The molecule has 3 heteroatoms. The van der Waals surface area contributed by atoms with E-state index in [1.54, 1.807) is 0 Å². The summed E-state index contributed by atoms with van der Waals surface area (Å²) in [5.41, 5.74) is 0. The summed E-state index contributed by atoms with van der Waals surface area (Å²) in [5.74, 6) is 0. The highest BCUT2D eigenvalue weighted by Gasteiger charge is 2.49. The molecule has 3 rings (SSSR count). The van der Waals surface area contributed by atoms with Gasteiger partial charge in [-0.05, 0) is 46.2 Å². The van der Waals surface area contributed by atoms with Gasteiger partial charge in [-0.25, -0.2) is 0 Å². The highest BCUT2D eigenvalue weighted by molar-refractivity contribution is 5.02. The summed E-state index contributed by atoms with van der Waals surface area (Å²) >= 11 is 0. The van der Waals surface area contributed by atoms with E-state index >= 15 is 0 Å². The van der Waals surface area contributed by atoms with E-state index in [9.17, 15) is 0 Å². The molecule has 4 unspecified atom stereocenters. The van der Waals surface area contributed by atoms with E-state index < -0.39 is 0 Å². The zero-order chi connectivity index (χ0) is 11.8. The van der Waals surface area contributed by atoms with Crippen molar-refractivity contribution in [3.63, 3.8) is 0 Å². The molecule has 2 aliphatic carbocycles. The molecule has 98 valence electrons. The molecular weight excluding hydrogens is 212 g/mol. The molecule has 0 spiro atoms. The maximum absolute atomic E-state index is 5.91. The number of ether oxygens (including phenoxy) is 1. The normalized spacial score (nSPS) is 45.7. The SMILES string of the molecule is CNC1CCCCC1N(C)C1C2CCCC1O2. The van der Waals surface area contributed by atoms with E-state index in [0.717, 1.165) is 6.04 Å². The van der Waals surface area contributed by atoms with Gasteiger partial charge < -0.3 is 10.1 Å². The zero-order valence-electron chi connectivity index (χ0n) is 11.2. The van der Waals surface area contributed by atoms with Crippen molar-refractivity contribution >= 4 is 0 Å². The Hall–Kier alpha value is -0.120. The topological polar surface area (TPSA) is 24.5 Å². The molecular formula is C14H26N2O. The van der Waals surface area contributed by atoms with E-state index in [-0.39, 0.29) is 0 Å². The Morgan fingerprint density at radius 1 is 1.00 bits per heavy atom. The summed E-state index contributed by atoms with van der Waals surface area (Å²) in [5, 5.41) is 3.52. The summed E-state index contributed by atoms with van der Waals surface area (Å²) < 4.78 is 5.91. The molecule has 1 N–H and O–H groups in total. The molecule has 0 aromatic rings. The second-order valence-electron chi connectivity index (χ2n) is 6.05. The molecule has 2 saturated carbocycles. The highest BCUT2D eigenvalue weighted by atomic mass is 16.5. The van der Waals surface area contributed by atoms with Crippen LogP contribution in [0.2, 0.25) is 0 Å². The first kappa shape index (κ1) is 11.9. The van der Waals surface area contributed by atoms with Crippen LogP contribution in [0.4, 0.5) is 0 Å². The minimum Gasteiger partial charge on any atom is -0.372 e. The predicted molar refractivity (Wildman–Crippen MR) is 69.2 cm³/mol. The lowest BCUT2D eigenvalue weighted by molar-refractivity contribution is -0.225. The first-order chi connectivity index (χ1) is 8.31. The Bertz CT molecular complexity index is 257. The van der Waals surface area contributed by atoms with Crippen LogP contribution in [-0.4, -0.2) is 49.3 Å². The molecule has 1 heterocycles. The summed E-state index contributed by atoms with van der Waals surface area (Å²) in [4.78, 5) is 2.65. The summed E-state index contributed by atoms with van der Waals surface area (Å²) in [7, 11) is 4.45. The Balaban J connectivity index is 1.66. The van der Waals surface area contributed by atoms with Crippen LogP contribution < -0.4 is 5.32 Å². The van der Waals surface area contributed by atoms with Gasteiger partial charge in [0.25, 0.3) is 0 Å². The van der Waals surface area contributed by atoms with Crippen LogP contribution in [-0.2, 0) is 4.74 Å². The third kappa shape index (κ3) is 2.02. The maximum atomic E-state index is 5.91. The van der Waals surface area contributed by atoms with Crippen LogP contribution in [0.5, 0.6) is 0 Å². The minimum atomic E-state index is 0.540. The van der Waals surface area contributed by atoms with E-state index in [2.05, 4.69) is 24.3 Å². The number of likely N-dealkylation sites (N-methyl/N-ethyl adjacent to an activating group) is 2. The smallest absolute Gasteiger partial charge is 0.0760 e. The molecule has 17 heavy (non-hydrogen) atoms. The Morgan fingerprint density at radius 2 is 1.71 bits per heavy atom. The fourth-order valence-electron chi connectivity index (χ4n) is 4.21. The molecule has 3 aliphatic rings. The number of nitrogens with zero attached hydrogens (tertiary/aromatic N) is 1. The van der Waals surface area contributed by atoms with Crippen molar-refractivity contribution in [1.82, 2.24) is 10.2 Å². The molecule has 0 radical (unpaired) electrons. The summed E-state index contributed by atoms with van der Waals surface area (Å²) in [6, 6.07) is 2.13. The lowest BCUT2D eigenvalue weighted by Crippen LogP contribution is -2.67. The zero-order valence-corrected chi connectivity index (χ0v) is 11.2. The van der Waals surface area contributed by atoms with Gasteiger partial charge in [0.15, 0.2) is 0 Å². The third-order valence-corrected chi connectivity index (χ3v) is 5.18. The van der Waals surface area contributed by atoms with Gasteiger partial charge >= 0.3 is 0 Å². The molecule has 0 aromatic heterocycles. The largest absolute Gasteiger partial charge is 0.372 e. The van der Waals surface area contributed by atoms with Crippen molar-refractivity contribution in [2.75, 3.05) is 14.1 Å². The third-order valence-electron chi connectivity index (χ3n) is 5.18. The fraction of sp³-hybridized carbons (Fsp3) is 1.00. The second kappa shape index (κ2) is 4.87. The van der Waals surface area contributed by atoms with Crippen molar-refractivity contribution in [3.05, 3.63) is 0 Å². The Labute approximate surface area is 105 Å².